The van der Waals surface area contributed by atoms with Crippen LogP contribution in [0.1, 0.15) is 6.42 Å². The first-order chi connectivity index (χ1) is 8.66. The zero-order chi connectivity index (χ0) is 13.0. The number of anilines is 1. The van der Waals surface area contributed by atoms with Crippen LogP contribution in [0.5, 0.6) is 0 Å². The maximum Gasteiger partial charge on any atom is 0.214 e. The monoisotopic (exact) mass is 244 g/mol. The Balaban J connectivity index is 2.03. The third-order valence-corrected chi connectivity index (χ3v) is 3.11. The van der Waals surface area contributed by atoms with Crippen LogP contribution in [0.3, 0.4) is 0 Å². The Labute approximate surface area is 109 Å². The third-order valence-electron chi connectivity index (χ3n) is 3.11. The smallest absolute Gasteiger partial charge is 0.214 e. The lowest BCUT2D eigenvalue weighted by molar-refractivity contribution is -0.644. The van der Waals surface area contributed by atoms with Gasteiger partial charge in [0.05, 0.1) is 0 Å². The largest absolute Gasteiger partial charge is 0.385 e. The highest BCUT2D eigenvalue weighted by Crippen LogP contribution is 2.15. The molecule has 3 heteroatoms. The number of hydrogen-bond donors (Lipinski definition) is 1. The molecule has 0 spiro atoms. The molecule has 0 aliphatic carbocycles. The molecule has 0 radical (unpaired) electrons. The van der Waals surface area contributed by atoms with Gasteiger partial charge in [-0.25, -0.2) is 4.57 Å². The first-order valence-electron chi connectivity index (χ1n) is 6.44. The number of benzene rings is 1. The minimum absolute atomic E-state index is 1.01. The fraction of sp³-hybridized carbons (Fsp3) is 0.400. The second-order valence-electron chi connectivity index (χ2n) is 4.98. The molecule has 0 saturated carbocycles. The van der Waals surface area contributed by atoms with Gasteiger partial charge in [0.15, 0.2) is 6.20 Å². The Morgan fingerprint density at radius 3 is 2.83 bits per heavy atom. The summed E-state index contributed by atoms with van der Waals surface area (Å²) >= 11 is 0. The number of nitrogens with zero attached hydrogens (tertiary/aromatic N) is 2. The van der Waals surface area contributed by atoms with Crippen molar-refractivity contribution in [1.29, 1.82) is 0 Å². The van der Waals surface area contributed by atoms with Crippen LogP contribution >= 0.6 is 0 Å². The van der Waals surface area contributed by atoms with E-state index in [1.165, 1.54) is 16.6 Å². The van der Waals surface area contributed by atoms with Gasteiger partial charge >= 0.3 is 0 Å². The summed E-state index contributed by atoms with van der Waals surface area (Å²) in [6.45, 7) is 2.13. The van der Waals surface area contributed by atoms with Crippen LogP contribution in [0, 0.1) is 0 Å². The van der Waals surface area contributed by atoms with E-state index in [4.69, 9.17) is 0 Å². The average Bonchev–Trinajstić information content (AvgIpc) is 2.35. The van der Waals surface area contributed by atoms with E-state index in [1.807, 2.05) is 0 Å². The van der Waals surface area contributed by atoms with Crippen LogP contribution < -0.4 is 9.88 Å². The van der Waals surface area contributed by atoms with Gasteiger partial charge in [-0.2, -0.15) is 0 Å². The summed E-state index contributed by atoms with van der Waals surface area (Å²) < 4.78 is 2.15. The summed E-state index contributed by atoms with van der Waals surface area (Å²) in [7, 11) is 6.30. The Morgan fingerprint density at radius 1 is 1.22 bits per heavy atom. The molecule has 0 aliphatic heterocycles. The van der Waals surface area contributed by atoms with Gasteiger partial charge in [-0.15, -0.1) is 0 Å². The molecule has 3 nitrogen and oxygen atoms in total. The van der Waals surface area contributed by atoms with E-state index < -0.39 is 0 Å². The lowest BCUT2D eigenvalue weighted by Gasteiger charge is -2.10. The zero-order valence-corrected chi connectivity index (χ0v) is 11.5. The molecule has 0 bridgehead atoms. The molecule has 1 aromatic heterocycles. The van der Waals surface area contributed by atoms with E-state index in [9.17, 15) is 0 Å². The van der Waals surface area contributed by atoms with Gasteiger partial charge in [0.25, 0.3) is 0 Å². The normalized spacial score (nSPS) is 11.1. The van der Waals surface area contributed by atoms with Gasteiger partial charge in [0, 0.05) is 29.8 Å². The lowest BCUT2D eigenvalue weighted by atomic mass is 10.2. The summed E-state index contributed by atoms with van der Waals surface area (Å²) in [6, 6.07) is 10.8. The van der Waals surface area contributed by atoms with Crippen molar-refractivity contribution in [2.24, 2.45) is 7.05 Å². The number of aryl methyl sites for hydroxylation is 1. The molecule has 0 unspecified atom stereocenters. The summed E-state index contributed by atoms with van der Waals surface area (Å²) in [5.74, 6) is 0. The van der Waals surface area contributed by atoms with Crippen LogP contribution in [0.4, 0.5) is 5.69 Å². The number of aromatic nitrogens is 1. The Bertz CT molecular complexity index is 520. The zero-order valence-electron chi connectivity index (χ0n) is 11.5. The fourth-order valence-corrected chi connectivity index (χ4v) is 2.08. The van der Waals surface area contributed by atoms with E-state index in [0.717, 1.165) is 19.5 Å². The van der Waals surface area contributed by atoms with Crippen molar-refractivity contribution < 1.29 is 4.57 Å². The van der Waals surface area contributed by atoms with Crippen molar-refractivity contribution in [3.63, 3.8) is 0 Å². The maximum atomic E-state index is 3.48. The fourth-order valence-electron chi connectivity index (χ4n) is 2.08. The highest BCUT2D eigenvalue weighted by molar-refractivity contribution is 5.79. The molecule has 96 valence electrons. The Morgan fingerprint density at radius 2 is 2.06 bits per heavy atom. The number of pyridine rings is 1. The number of nitrogens with one attached hydrogen (secondary N) is 1. The van der Waals surface area contributed by atoms with E-state index in [0.29, 0.717) is 0 Å². The topological polar surface area (TPSA) is 19.1 Å². The van der Waals surface area contributed by atoms with Crippen molar-refractivity contribution in [3.05, 3.63) is 36.5 Å². The van der Waals surface area contributed by atoms with Crippen LogP contribution in [-0.2, 0) is 7.05 Å². The minimum atomic E-state index is 1.01. The molecule has 18 heavy (non-hydrogen) atoms. The third kappa shape index (κ3) is 3.20. The number of rotatable bonds is 5. The molecule has 2 rings (SSSR count). The summed E-state index contributed by atoms with van der Waals surface area (Å²) in [5, 5.41) is 4.76. The number of fused-ring (bicyclic) bond motifs is 1. The standard InChI is InChI=1S/C15H21N3/c1-17(2)10-5-9-16-14-8-7-13-6-4-11-18(3)15(13)12-14/h4,6-8,11-12H,5,9-10H2,1-3H3/p+1. The van der Waals surface area contributed by atoms with E-state index in [1.54, 1.807) is 0 Å². The van der Waals surface area contributed by atoms with Gasteiger partial charge in [0.1, 0.15) is 7.05 Å². The molecule has 0 saturated heterocycles. The molecular formula is C15H22N3+. The molecule has 0 amide bonds. The van der Waals surface area contributed by atoms with Crippen LogP contribution in [0.25, 0.3) is 10.9 Å². The first-order valence-corrected chi connectivity index (χ1v) is 6.44. The van der Waals surface area contributed by atoms with Crippen molar-refractivity contribution >= 4 is 16.6 Å². The van der Waals surface area contributed by atoms with Gasteiger partial charge in [-0.05, 0) is 45.3 Å². The van der Waals surface area contributed by atoms with Crippen molar-refractivity contribution in [2.75, 3.05) is 32.5 Å². The van der Waals surface area contributed by atoms with Crippen molar-refractivity contribution in [3.8, 4) is 0 Å². The Kier molecular flexibility index (Phi) is 4.15. The second kappa shape index (κ2) is 5.83. The summed E-state index contributed by atoms with van der Waals surface area (Å²) in [6.07, 6.45) is 3.24. The van der Waals surface area contributed by atoms with Crippen LogP contribution in [0.15, 0.2) is 36.5 Å². The van der Waals surface area contributed by atoms with Crippen molar-refractivity contribution in [2.45, 2.75) is 6.42 Å². The predicted molar refractivity (Wildman–Crippen MR) is 76.8 cm³/mol. The van der Waals surface area contributed by atoms with E-state index in [2.05, 4.69) is 72.5 Å². The molecule has 2 aromatic rings. The van der Waals surface area contributed by atoms with Crippen LogP contribution in [0.2, 0.25) is 0 Å². The average molecular weight is 244 g/mol. The van der Waals surface area contributed by atoms with E-state index >= 15 is 0 Å². The molecule has 1 aromatic carbocycles. The SMILES string of the molecule is CN(C)CCCNc1ccc2ccc[n+](C)c2c1. The molecule has 0 fully saturated rings. The second-order valence-corrected chi connectivity index (χ2v) is 4.98. The predicted octanol–water partition coefficient (Wildman–Crippen LogP) is 2.03. The molecular weight excluding hydrogens is 222 g/mol. The molecule has 0 atom stereocenters. The maximum absolute atomic E-state index is 3.48. The molecule has 1 heterocycles. The van der Waals surface area contributed by atoms with E-state index in [-0.39, 0.29) is 0 Å². The minimum Gasteiger partial charge on any atom is -0.385 e. The number of hydrogen-bond acceptors (Lipinski definition) is 2. The van der Waals surface area contributed by atoms with Gasteiger partial charge in [-0.1, -0.05) is 0 Å². The van der Waals surface area contributed by atoms with Gasteiger partial charge in [0.2, 0.25) is 5.52 Å². The summed E-state index contributed by atoms with van der Waals surface area (Å²) in [4.78, 5) is 2.21. The van der Waals surface area contributed by atoms with Crippen LogP contribution in [-0.4, -0.2) is 32.1 Å². The molecule has 1 N–H and O–H groups in total. The Hall–Kier alpha value is -1.61. The quantitative estimate of drug-likeness (QED) is 0.641. The highest BCUT2D eigenvalue weighted by atomic mass is 15.1. The van der Waals surface area contributed by atoms with Crippen molar-refractivity contribution in [1.82, 2.24) is 4.90 Å². The highest BCUT2D eigenvalue weighted by Gasteiger charge is 2.04. The first kappa shape index (κ1) is 12.8. The van der Waals surface area contributed by atoms with Gasteiger partial charge < -0.3 is 10.2 Å². The summed E-state index contributed by atoms with van der Waals surface area (Å²) in [5.41, 5.74) is 2.46. The lowest BCUT2D eigenvalue weighted by Crippen LogP contribution is -2.27. The molecule has 0 aliphatic rings. The van der Waals surface area contributed by atoms with Gasteiger partial charge in [-0.3, -0.25) is 0 Å².